The largest absolute Gasteiger partial charge is 0.359 e. The highest BCUT2D eigenvalue weighted by molar-refractivity contribution is 5.41. The molecule has 2 aromatic rings. The van der Waals surface area contributed by atoms with Gasteiger partial charge in [0.1, 0.15) is 5.82 Å². The first-order valence-electron chi connectivity index (χ1n) is 5.84. The van der Waals surface area contributed by atoms with Crippen LogP contribution in [-0.4, -0.2) is 23.6 Å². The third kappa shape index (κ3) is 3.18. The standard InChI is InChI=1S/C13H17N5/c1-18(10-8-11-5-3-2-4-6-11)12-7-9-15-13(16-12)17-14/h2-7,9H,8,10,14H2,1H3,(H,15,16,17). The van der Waals surface area contributed by atoms with E-state index in [1.807, 2.05) is 19.2 Å². The van der Waals surface area contributed by atoms with E-state index in [1.54, 1.807) is 6.20 Å². The van der Waals surface area contributed by atoms with Gasteiger partial charge in [-0.05, 0) is 18.1 Å². The maximum absolute atomic E-state index is 5.29. The highest BCUT2D eigenvalue weighted by atomic mass is 15.3. The minimum absolute atomic E-state index is 0.430. The third-order valence-electron chi connectivity index (χ3n) is 2.74. The number of hydrazine groups is 1. The average Bonchev–Trinajstić information content (AvgIpc) is 2.46. The fourth-order valence-corrected chi connectivity index (χ4v) is 1.69. The Bertz CT molecular complexity index is 486. The van der Waals surface area contributed by atoms with Gasteiger partial charge in [0.25, 0.3) is 0 Å². The molecule has 0 aliphatic heterocycles. The SMILES string of the molecule is CN(CCc1ccccc1)c1ccnc(NN)n1. The van der Waals surface area contributed by atoms with Crippen LogP contribution in [0.1, 0.15) is 5.56 Å². The molecule has 0 bridgehead atoms. The van der Waals surface area contributed by atoms with Crippen molar-refractivity contribution in [3.05, 3.63) is 48.2 Å². The van der Waals surface area contributed by atoms with E-state index in [9.17, 15) is 0 Å². The molecule has 1 aromatic heterocycles. The predicted octanol–water partition coefficient (Wildman–Crippen LogP) is 1.44. The van der Waals surface area contributed by atoms with Crippen LogP contribution in [0.25, 0.3) is 0 Å². The van der Waals surface area contributed by atoms with E-state index < -0.39 is 0 Å². The lowest BCUT2D eigenvalue weighted by molar-refractivity contribution is 0.856. The van der Waals surface area contributed by atoms with Crippen molar-refractivity contribution in [3.63, 3.8) is 0 Å². The second-order valence-corrected chi connectivity index (χ2v) is 4.04. The Labute approximate surface area is 107 Å². The Morgan fingerprint density at radius 2 is 2.00 bits per heavy atom. The number of rotatable bonds is 5. The Hall–Kier alpha value is -2.14. The molecular formula is C13H17N5. The minimum atomic E-state index is 0.430. The average molecular weight is 243 g/mol. The van der Waals surface area contributed by atoms with Gasteiger partial charge in [0.2, 0.25) is 5.95 Å². The van der Waals surface area contributed by atoms with Crippen molar-refractivity contribution in [2.75, 3.05) is 23.9 Å². The van der Waals surface area contributed by atoms with Gasteiger partial charge in [-0.1, -0.05) is 30.3 Å². The number of likely N-dealkylation sites (N-methyl/N-ethyl adjacent to an activating group) is 1. The number of nitrogen functional groups attached to an aromatic ring is 1. The first-order valence-corrected chi connectivity index (χ1v) is 5.84. The van der Waals surface area contributed by atoms with Crippen molar-refractivity contribution in [1.82, 2.24) is 9.97 Å². The van der Waals surface area contributed by atoms with Crippen molar-refractivity contribution in [2.24, 2.45) is 5.84 Å². The lowest BCUT2D eigenvalue weighted by Crippen LogP contribution is -2.22. The number of hydrogen-bond donors (Lipinski definition) is 2. The second-order valence-electron chi connectivity index (χ2n) is 4.04. The van der Waals surface area contributed by atoms with Crippen LogP contribution in [0.5, 0.6) is 0 Å². The van der Waals surface area contributed by atoms with E-state index in [4.69, 9.17) is 5.84 Å². The van der Waals surface area contributed by atoms with Crippen LogP contribution in [0.3, 0.4) is 0 Å². The summed E-state index contributed by atoms with van der Waals surface area (Å²) < 4.78 is 0. The topological polar surface area (TPSA) is 67.1 Å². The Morgan fingerprint density at radius 1 is 1.22 bits per heavy atom. The van der Waals surface area contributed by atoms with Crippen LogP contribution in [-0.2, 0) is 6.42 Å². The second kappa shape index (κ2) is 5.97. The highest BCUT2D eigenvalue weighted by Gasteiger charge is 2.04. The van der Waals surface area contributed by atoms with E-state index in [1.165, 1.54) is 5.56 Å². The number of anilines is 2. The van der Waals surface area contributed by atoms with Crippen LogP contribution < -0.4 is 16.2 Å². The van der Waals surface area contributed by atoms with Gasteiger partial charge in [-0.25, -0.2) is 10.8 Å². The Balaban J connectivity index is 1.97. The zero-order valence-corrected chi connectivity index (χ0v) is 10.4. The van der Waals surface area contributed by atoms with E-state index in [0.29, 0.717) is 5.95 Å². The molecule has 1 aromatic carbocycles. The van der Waals surface area contributed by atoms with E-state index >= 15 is 0 Å². The zero-order valence-electron chi connectivity index (χ0n) is 10.4. The van der Waals surface area contributed by atoms with E-state index in [0.717, 1.165) is 18.8 Å². The molecule has 5 heteroatoms. The molecule has 0 saturated carbocycles. The summed E-state index contributed by atoms with van der Waals surface area (Å²) in [5, 5.41) is 0. The molecule has 0 saturated heterocycles. The number of nitrogens with zero attached hydrogens (tertiary/aromatic N) is 3. The van der Waals surface area contributed by atoms with E-state index in [-0.39, 0.29) is 0 Å². The zero-order chi connectivity index (χ0) is 12.8. The fraction of sp³-hybridized carbons (Fsp3) is 0.231. The Morgan fingerprint density at radius 3 is 2.72 bits per heavy atom. The first kappa shape index (κ1) is 12.3. The molecule has 94 valence electrons. The van der Waals surface area contributed by atoms with Gasteiger partial charge in [0, 0.05) is 19.8 Å². The third-order valence-corrected chi connectivity index (χ3v) is 2.74. The number of hydrogen-bond acceptors (Lipinski definition) is 5. The minimum Gasteiger partial charge on any atom is -0.359 e. The smallest absolute Gasteiger partial charge is 0.239 e. The lowest BCUT2D eigenvalue weighted by atomic mass is 10.1. The molecule has 0 amide bonds. The van der Waals surface area contributed by atoms with Gasteiger partial charge in [0.15, 0.2) is 0 Å². The van der Waals surface area contributed by atoms with Crippen LogP contribution in [0.15, 0.2) is 42.6 Å². The van der Waals surface area contributed by atoms with Crippen LogP contribution in [0.2, 0.25) is 0 Å². The molecule has 0 atom stereocenters. The molecule has 0 aliphatic rings. The molecule has 0 unspecified atom stereocenters. The summed E-state index contributed by atoms with van der Waals surface area (Å²) in [5.41, 5.74) is 3.76. The summed E-state index contributed by atoms with van der Waals surface area (Å²) >= 11 is 0. The molecule has 0 radical (unpaired) electrons. The number of benzene rings is 1. The lowest BCUT2D eigenvalue weighted by Gasteiger charge is -2.18. The van der Waals surface area contributed by atoms with Crippen molar-refractivity contribution in [1.29, 1.82) is 0 Å². The molecule has 5 nitrogen and oxygen atoms in total. The normalized spacial score (nSPS) is 10.1. The Kier molecular flexibility index (Phi) is 4.09. The fourth-order valence-electron chi connectivity index (χ4n) is 1.69. The van der Waals surface area contributed by atoms with Crippen molar-refractivity contribution in [3.8, 4) is 0 Å². The summed E-state index contributed by atoms with van der Waals surface area (Å²) in [6, 6.07) is 12.2. The van der Waals surface area contributed by atoms with E-state index in [2.05, 4.69) is 44.6 Å². The molecule has 3 N–H and O–H groups in total. The highest BCUT2D eigenvalue weighted by Crippen LogP contribution is 2.10. The first-order chi connectivity index (χ1) is 8.79. The van der Waals surface area contributed by atoms with Gasteiger partial charge in [-0.15, -0.1) is 0 Å². The van der Waals surface area contributed by atoms with Crippen LogP contribution in [0, 0.1) is 0 Å². The molecular weight excluding hydrogens is 226 g/mol. The van der Waals surface area contributed by atoms with Gasteiger partial charge in [-0.2, -0.15) is 4.98 Å². The molecule has 0 aliphatic carbocycles. The van der Waals surface area contributed by atoms with Gasteiger partial charge in [-0.3, -0.25) is 5.43 Å². The van der Waals surface area contributed by atoms with Crippen molar-refractivity contribution >= 4 is 11.8 Å². The van der Waals surface area contributed by atoms with Crippen LogP contribution in [0.4, 0.5) is 11.8 Å². The molecule has 0 spiro atoms. The molecule has 0 fully saturated rings. The quantitative estimate of drug-likeness (QED) is 0.614. The van der Waals surface area contributed by atoms with Crippen LogP contribution >= 0.6 is 0 Å². The maximum Gasteiger partial charge on any atom is 0.239 e. The van der Waals surface area contributed by atoms with Gasteiger partial charge in [0.05, 0.1) is 0 Å². The summed E-state index contributed by atoms with van der Waals surface area (Å²) in [6.45, 7) is 0.894. The summed E-state index contributed by atoms with van der Waals surface area (Å²) in [7, 11) is 2.01. The summed E-state index contributed by atoms with van der Waals surface area (Å²) in [4.78, 5) is 10.3. The number of aromatic nitrogens is 2. The summed E-state index contributed by atoms with van der Waals surface area (Å²) in [6.07, 6.45) is 2.67. The number of nitrogens with one attached hydrogen (secondary N) is 1. The van der Waals surface area contributed by atoms with Gasteiger partial charge >= 0.3 is 0 Å². The number of nitrogens with two attached hydrogens (primary N) is 1. The van der Waals surface area contributed by atoms with Crippen molar-refractivity contribution in [2.45, 2.75) is 6.42 Å². The monoisotopic (exact) mass is 243 g/mol. The summed E-state index contributed by atoms with van der Waals surface area (Å²) in [5.74, 6) is 6.58. The molecule has 18 heavy (non-hydrogen) atoms. The molecule has 1 heterocycles. The predicted molar refractivity (Wildman–Crippen MR) is 73.3 cm³/mol. The van der Waals surface area contributed by atoms with Crippen molar-refractivity contribution < 1.29 is 0 Å². The maximum atomic E-state index is 5.29. The molecule has 2 rings (SSSR count). The van der Waals surface area contributed by atoms with Gasteiger partial charge < -0.3 is 4.90 Å².